The van der Waals surface area contributed by atoms with Crippen LogP contribution in [0.5, 0.6) is 0 Å². The Hall–Kier alpha value is -2.74. The van der Waals surface area contributed by atoms with Crippen molar-refractivity contribution in [1.29, 1.82) is 0 Å². The number of aliphatic imine (C=N–C) groups is 1. The normalized spacial score (nSPS) is 28.6. The first-order chi connectivity index (χ1) is 14.2. The Bertz CT molecular complexity index is 858. The monoisotopic (exact) mass is 396 g/mol. The van der Waals surface area contributed by atoms with Crippen molar-refractivity contribution in [1.82, 2.24) is 5.32 Å². The molecule has 1 N–H and O–H groups in total. The van der Waals surface area contributed by atoms with E-state index in [2.05, 4.69) is 10.3 Å². The summed E-state index contributed by atoms with van der Waals surface area (Å²) in [4.78, 5) is 17.3. The van der Waals surface area contributed by atoms with Gasteiger partial charge in [-0.3, -0.25) is 4.79 Å². The van der Waals surface area contributed by atoms with E-state index in [0.717, 1.165) is 5.56 Å². The van der Waals surface area contributed by atoms with Gasteiger partial charge in [0.05, 0.1) is 6.54 Å². The summed E-state index contributed by atoms with van der Waals surface area (Å²) in [6, 6.07) is 18.1. The van der Waals surface area contributed by atoms with Gasteiger partial charge in [0.15, 0.2) is 12.4 Å². The second kappa shape index (κ2) is 8.73. The number of carbonyl (C=O) groups is 1. The SMILES string of the molecule is CO[C@H]1O[C@@H]2CN=C(c3ccccc3)O[C@@H]2[C@H](OC)[C@H]1NC(=O)c1ccccc1. The van der Waals surface area contributed by atoms with E-state index in [9.17, 15) is 4.79 Å². The summed E-state index contributed by atoms with van der Waals surface area (Å²) in [5.41, 5.74) is 1.44. The third-order valence-electron chi connectivity index (χ3n) is 5.17. The van der Waals surface area contributed by atoms with Crippen LogP contribution in [0.15, 0.2) is 65.7 Å². The smallest absolute Gasteiger partial charge is 0.251 e. The van der Waals surface area contributed by atoms with Crippen LogP contribution in [0.1, 0.15) is 15.9 Å². The van der Waals surface area contributed by atoms with Crippen LogP contribution in [-0.2, 0) is 18.9 Å². The topological polar surface area (TPSA) is 78.4 Å². The molecule has 29 heavy (non-hydrogen) atoms. The van der Waals surface area contributed by atoms with Crippen LogP contribution < -0.4 is 5.32 Å². The minimum Gasteiger partial charge on any atom is -0.468 e. The van der Waals surface area contributed by atoms with Gasteiger partial charge >= 0.3 is 0 Å². The Morgan fingerprint density at radius 2 is 1.72 bits per heavy atom. The lowest BCUT2D eigenvalue weighted by Gasteiger charge is -2.46. The summed E-state index contributed by atoms with van der Waals surface area (Å²) in [5, 5.41) is 2.99. The Kier molecular flexibility index (Phi) is 5.89. The molecule has 4 rings (SSSR count). The van der Waals surface area contributed by atoms with Gasteiger partial charge < -0.3 is 24.3 Å². The third kappa shape index (κ3) is 4.03. The summed E-state index contributed by atoms with van der Waals surface area (Å²) in [7, 11) is 3.14. The molecule has 152 valence electrons. The standard InChI is InChI=1S/C22H24N2O5/c1-26-19-17(24-20(25)14-9-5-3-6-10-14)22(27-2)28-16-13-23-21(29-18(16)19)15-11-7-4-8-12-15/h3-12,16-19,22H,13H2,1-2H3,(H,24,25)/t16-,17-,18+,19-,22+/m1/s1. The molecule has 0 radical (unpaired) electrons. The quantitative estimate of drug-likeness (QED) is 0.837. The fraction of sp³-hybridized carbons (Fsp3) is 0.364. The fourth-order valence-electron chi connectivity index (χ4n) is 3.73. The molecule has 7 heteroatoms. The van der Waals surface area contributed by atoms with E-state index < -0.39 is 24.5 Å². The molecule has 2 aliphatic heterocycles. The number of benzene rings is 2. The van der Waals surface area contributed by atoms with E-state index in [4.69, 9.17) is 18.9 Å². The molecule has 0 aliphatic carbocycles. The van der Waals surface area contributed by atoms with Crippen molar-refractivity contribution in [2.24, 2.45) is 4.99 Å². The third-order valence-corrected chi connectivity index (χ3v) is 5.17. The zero-order valence-electron chi connectivity index (χ0n) is 16.4. The van der Waals surface area contributed by atoms with Crippen LogP contribution in [0.2, 0.25) is 0 Å². The van der Waals surface area contributed by atoms with Crippen molar-refractivity contribution in [2.75, 3.05) is 20.8 Å². The number of hydrogen-bond donors (Lipinski definition) is 1. The van der Waals surface area contributed by atoms with Crippen LogP contribution in [0.3, 0.4) is 0 Å². The molecular weight excluding hydrogens is 372 g/mol. The first-order valence-electron chi connectivity index (χ1n) is 9.54. The maximum atomic E-state index is 12.7. The number of methoxy groups -OCH3 is 2. The van der Waals surface area contributed by atoms with Gasteiger partial charge in [0, 0.05) is 25.3 Å². The van der Waals surface area contributed by atoms with Crippen LogP contribution >= 0.6 is 0 Å². The highest BCUT2D eigenvalue weighted by Crippen LogP contribution is 2.30. The molecule has 7 nitrogen and oxygen atoms in total. The second-order valence-electron chi connectivity index (χ2n) is 6.94. The van der Waals surface area contributed by atoms with Gasteiger partial charge in [-0.2, -0.15) is 0 Å². The maximum absolute atomic E-state index is 12.7. The fourth-order valence-corrected chi connectivity index (χ4v) is 3.73. The molecule has 1 fully saturated rings. The van der Waals surface area contributed by atoms with E-state index in [1.165, 1.54) is 0 Å². The molecule has 2 aliphatic rings. The minimum atomic E-state index is -0.675. The van der Waals surface area contributed by atoms with Crippen molar-refractivity contribution >= 4 is 11.8 Å². The van der Waals surface area contributed by atoms with Crippen molar-refractivity contribution in [3.63, 3.8) is 0 Å². The highest BCUT2D eigenvalue weighted by atomic mass is 16.7. The second-order valence-corrected chi connectivity index (χ2v) is 6.94. The molecular formula is C22H24N2O5. The van der Waals surface area contributed by atoms with Crippen molar-refractivity contribution in [3.05, 3.63) is 71.8 Å². The number of hydrogen-bond acceptors (Lipinski definition) is 6. The number of nitrogens with one attached hydrogen (secondary N) is 1. The summed E-state index contributed by atoms with van der Waals surface area (Å²) in [6.45, 7) is 0.425. The van der Waals surface area contributed by atoms with Gasteiger partial charge in [0.1, 0.15) is 18.2 Å². The lowest BCUT2D eigenvalue weighted by Crippen LogP contribution is -2.66. The summed E-state index contributed by atoms with van der Waals surface area (Å²) in [5.74, 6) is 0.316. The molecule has 0 spiro atoms. The minimum absolute atomic E-state index is 0.227. The number of nitrogens with zero attached hydrogens (tertiary/aromatic N) is 1. The van der Waals surface area contributed by atoms with E-state index in [1.54, 1.807) is 26.4 Å². The molecule has 0 unspecified atom stereocenters. The summed E-state index contributed by atoms with van der Waals surface area (Å²) < 4.78 is 23.5. The van der Waals surface area contributed by atoms with E-state index in [1.807, 2.05) is 48.5 Å². The number of ether oxygens (including phenoxy) is 4. The first kappa shape index (κ1) is 19.6. The van der Waals surface area contributed by atoms with Gasteiger partial charge in [0.25, 0.3) is 5.91 Å². The molecule has 1 saturated heterocycles. The molecule has 5 atom stereocenters. The predicted octanol–water partition coefficient (Wildman–Crippen LogP) is 2.02. The lowest BCUT2D eigenvalue weighted by atomic mass is 9.94. The Morgan fingerprint density at radius 3 is 2.38 bits per heavy atom. The average Bonchev–Trinajstić information content (AvgIpc) is 2.79. The molecule has 1 amide bonds. The van der Waals surface area contributed by atoms with Crippen LogP contribution in [-0.4, -0.2) is 63.2 Å². The predicted molar refractivity (Wildman–Crippen MR) is 107 cm³/mol. The molecule has 0 saturated carbocycles. The number of rotatable bonds is 5. The molecule has 0 bridgehead atoms. The van der Waals surface area contributed by atoms with E-state index in [0.29, 0.717) is 18.0 Å². The number of fused-ring (bicyclic) bond motifs is 1. The molecule has 0 aromatic heterocycles. The van der Waals surface area contributed by atoms with Gasteiger partial charge in [-0.05, 0) is 24.3 Å². The van der Waals surface area contributed by atoms with Crippen molar-refractivity contribution in [2.45, 2.75) is 30.6 Å². The highest BCUT2D eigenvalue weighted by Gasteiger charge is 2.50. The zero-order chi connectivity index (χ0) is 20.2. The van der Waals surface area contributed by atoms with Gasteiger partial charge in [-0.15, -0.1) is 0 Å². The summed E-state index contributed by atoms with van der Waals surface area (Å²) in [6.07, 6.45) is -1.91. The Labute approximate surface area is 169 Å². The first-order valence-corrected chi connectivity index (χ1v) is 9.54. The van der Waals surface area contributed by atoms with Gasteiger partial charge in [-0.25, -0.2) is 4.99 Å². The Morgan fingerprint density at radius 1 is 1.03 bits per heavy atom. The Balaban J connectivity index is 1.57. The number of amides is 1. The van der Waals surface area contributed by atoms with Crippen LogP contribution in [0, 0.1) is 0 Å². The van der Waals surface area contributed by atoms with Gasteiger partial charge in [0.2, 0.25) is 5.90 Å². The van der Waals surface area contributed by atoms with E-state index in [-0.39, 0.29) is 12.0 Å². The largest absolute Gasteiger partial charge is 0.468 e. The zero-order valence-corrected chi connectivity index (χ0v) is 16.4. The summed E-state index contributed by atoms with van der Waals surface area (Å²) >= 11 is 0. The van der Waals surface area contributed by atoms with E-state index >= 15 is 0 Å². The highest BCUT2D eigenvalue weighted by molar-refractivity contribution is 5.95. The molecule has 2 heterocycles. The molecule has 2 aromatic rings. The van der Waals surface area contributed by atoms with Crippen molar-refractivity contribution < 1.29 is 23.7 Å². The van der Waals surface area contributed by atoms with Crippen molar-refractivity contribution in [3.8, 4) is 0 Å². The maximum Gasteiger partial charge on any atom is 0.251 e. The average molecular weight is 396 g/mol. The molecule has 2 aromatic carbocycles. The van der Waals surface area contributed by atoms with Crippen LogP contribution in [0.4, 0.5) is 0 Å². The number of carbonyl (C=O) groups excluding carboxylic acids is 1. The lowest BCUT2D eigenvalue weighted by molar-refractivity contribution is -0.256. The van der Waals surface area contributed by atoms with Gasteiger partial charge in [-0.1, -0.05) is 36.4 Å². The van der Waals surface area contributed by atoms with Crippen LogP contribution in [0.25, 0.3) is 0 Å².